The number of hydrogen-bond donors (Lipinski definition) is 0. The zero-order chi connectivity index (χ0) is 20.4. The van der Waals surface area contributed by atoms with Crippen molar-refractivity contribution in [1.82, 2.24) is 9.97 Å². The Kier molecular flexibility index (Phi) is 5.77. The molecule has 0 aliphatic carbocycles. The van der Waals surface area contributed by atoms with Gasteiger partial charge < -0.3 is 0 Å². The van der Waals surface area contributed by atoms with Crippen LogP contribution in [0.5, 0.6) is 0 Å². The van der Waals surface area contributed by atoms with Gasteiger partial charge in [0, 0.05) is 18.6 Å². The smallest absolute Gasteiger partial charge is 0.0968 e. The lowest BCUT2D eigenvalue weighted by atomic mass is 9.92. The summed E-state index contributed by atoms with van der Waals surface area (Å²) in [7, 11) is -0.0972. The van der Waals surface area contributed by atoms with Gasteiger partial charge in [-0.2, -0.15) is 0 Å². The Balaban J connectivity index is 2.07. The zero-order valence-corrected chi connectivity index (χ0v) is 19.2. The number of fused-ring (bicyclic) bond motifs is 1. The van der Waals surface area contributed by atoms with Crippen molar-refractivity contribution in [2.45, 2.75) is 26.2 Å². The fourth-order valence-electron chi connectivity index (χ4n) is 3.48. The van der Waals surface area contributed by atoms with Crippen LogP contribution >= 0.6 is 16.5 Å². The number of nitrogens with zero attached hydrogens (tertiary/aromatic N) is 2. The Bertz CT molecular complexity index is 1080. The maximum absolute atomic E-state index is 5.34. The van der Waals surface area contributed by atoms with E-state index in [1.165, 1.54) is 15.9 Å². The second kappa shape index (κ2) is 8.31. The summed E-state index contributed by atoms with van der Waals surface area (Å²) in [6, 6.07) is 27.9. The molecular formula is C25H26N2P2. The molecule has 0 radical (unpaired) electrons. The quantitative estimate of drug-likeness (QED) is 0.454. The molecule has 0 amide bonds. The topological polar surface area (TPSA) is 25.8 Å². The van der Waals surface area contributed by atoms with Gasteiger partial charge in [-0.25, -0.2) is 9.97 Å². The van der Waals surface area contributed by atoms with Gasteiger partial charge in [-0.1, -0.05) is 102 Å². The van der Waals surface area contributed by atoms with Crippen molar-refractivity contribution in [2.24, 2.45) is 0 Å². The molecule has 4 rings (SSSR count). The maximum atomic E-state index is 5.34. The number of para-hydroxylation sites is 1. The van der Waals surface area contributed by atoms with Crippen LogP contribution in [-0.2, 0) is 5.41 Å². The van der Waals surface area contributed by atoms with Crippen molar-refractivity contribution in [1.29, 1.82) is 0 Å². The third-order valence-electron chi connectivity index (χ3n) is 4.90. The van der Waals surface area contributed by atoms with Gasteiger partial charge in [-0.05, 0) is 23.3 Å². The summed E-state index contributed by atoms with van der Waals surface area (Å²) in [5, 5.41) is 3.90. The second-order valence-corrected chi connectivity index (χ2v) is 11.2. The van der Waals surface area contributed by atoms with Gasteiger partial charge in [0.05, 0.1) is 22.2 Å². The van der Waals surface area contributed by atoms with Crippen LogP contribution in [0.4, 0.5) is 0 Å². The first-order valence-electron chi connectivity index (χ1n) is 9.88. The van der Waals surface area contributed by atoms with E-state index in [-0.39, 0.29) is 5.41 Å². The fraction of sp³-hybridized carbons (Fsp3) is 0.200. The van der Waals surface area contributed by atoms with E-state index < -0.39 is 7.92 Å². The van der Waals surface area contributed by atoms with Crippen LogP contribution in [0, 0.1) is 0 Å². The highest BCUT2D eigenvalue weighted by Crippen LogP contribution is 2.36. The molecule has 1 aromatic heterocycles. The van der Waals surface area contributed by atoms with Gasteiger partial charge >= 0.3 is 0 Å². The fourth-order valence-corrected chi connectivity index (χ4v) is 6.69. The summed E-state index contributed by atoms with van der Waals surface area (Å²) in [6.45, 7) is 8.93. The Morgan fingerprint density at radius 2 is 1.31 bits per heavy atom. The molecule has 4 aromatic rings. The van der Waals surface area contributed by atoms with Crippen LogP contribution in [0.3, 0.4) is 0 Å². The molecular weight excluding hydrogens is 390 g/mol. The van der Waals surface area contributed by atoms with E-state index >= 15 is 0 Å². The van der Waals surface area contributed by atoms with E-state index in [9.17, 15) is 0 Å². The van der Waals surface area contributed by atoms with Gasteiger partial charge in [0.25, 0.3) is 0 Å². The summed E-state index contributed by atoms with van der Waals surface area (Å²) in [5.74, 6) is 0. The van der Waals surface area contributed by atoms with Gasteiger partial charge in [0.2, 0.25) is 0 Å². The van der Waals surface area contributed by atoms with Crippen molar-refractivity contribution in [2.75, 3.05) is 6.66 Å². The van der Waals surface area contributed by atoms with Gasteiger partial charge in [-0.15, -0.1) is 0 Å². The summed E-state index contributed by atoms with van der Waals surface area (Å²) in [6.07, 6.45) is 0. The van der Waals surface area contributed by atoms with E-state index in [0.29, 0.717) is 8.58 Å². The number of benzene rings is 3. The van der Waals surface area contributed by atoms with Crippen LogP contribution in [0.15, 0.2) is 78.9 Å². The third kappa shape index (κ3) is 4.11. The molecule has 1 unspecified atom stereocenters. The monoisotopic (exact) mass is 416 g/mol. The van der Waals surface area contributed by atoms with E-state index in [0.717, 1.165) is 22.2 Å². The Labute approximate surface area is 176 Å². The lowest BCUT2D eigenvalue weighted by molar-refractivity contribution is 0.574. The molecule has 2 nitrogen and oxygen atoms in total. The normalized spacial score (nSPS) is 12.3. The molecule has 0 N–H and O–H groups in total. The molecule has 0 aliphatic heterocycles. The van der Waals surface area contributed by atoms with E-state index in [1.807, 2.05) is 0 Å². The molecule has 1 atom stereocenters. The highest BCUT2D eigenvalue weighted by atomic mass is 31.1. The number of rotatable bonds is 4. The molecule has 0 spiro atoms. The molecule has 146 valence electrons. The highest BCUT2D eigenvalue weighted by Gasteiger charge is 2.29. The van der Waals surface area contributed by atoms with Crippen molar-refractivity contribution in [3.63, 3.8) is 0 Å². The predicted octanol–water partition coefficient (Wildman–Crippen LogP) is 4.62. The minimum Gasteiger partial charge on any atom is -0.248 e. The molecule has 0 saturated carbocycles. The first-order chi connectivity index (χ1) is 14.0. The average molecular weight is 416 g/mol. The summed E-state index contributed by atoms with van der Waals surface area (Å²) in [4.78, 5) is 10.5. The largest absolute Gasteiger partial charge is 0.248 e. The minimum absolute atomic E-state index is 0.0921. The zero-order valence-electron chi connectivity index (χ0n) is 17.3. The van der Waals surface area contributed by atoms with Gasteiger partial charge in [0.15, 0.2) is 0 Å². The molecule has 0 fully saturated rings. The third-order valence-corrected chi connectivity index (χ3v) is 8.20. The van der Waals surface area contributed by atoms with Gasteiger partial charge in [0.1, 0.15) is 0 Å². The number of aromatic nitrogens is 2. The molecule has 0 bridgehead atoms. The van der Waals surface area contributed by atoms with Crippen molar-refractivity contribution in [3.05, 3.63) is 84.6 Å². The SMILES string of the molecule is CPc1cccc2nc(C(C)(C)C)c(P(c3ccccc3)c3ccccc3)nc12. The molecule has 29 heavy (non-hydrogen) atoms. The summed E-state index contributed by atoms with van der Waals surface area (Å²) < 4.78 is 0. The number of hydrogen-bond acceptors (Lipinski definition) is 2. The van der Waals surface area contributed by atoms with Crippen molar-refractivity contribution < 1.29 is 0 Å². The van der Waals surface area contributed by atoms with Crippen LogP contribution in [0.25, 0.3) is 11.0 Å². The van der Waals surface area contributed by atoms with Crippen LogP contribution in [0.2, 0.25) is 0 Å². The molecule has 3 aromatic carbocycles. The van der Waals surface area contributed by atoms with Crippen LogP contribution < -0.4 is 21.3 Å². The Hall–Kier alpha value is -2.14. The Morgan fingerprint density at radius 3 is 1.83 bits per heavy atom. The van der Waals surface area contributed by atoms with E-state index in [4.69, 9.17) is 9.97 Å². The van der Waals surface area contributed by atoms with Crippen LogP contribution in [-0.4, -0.2) is 16.6 Å². The average Bonchev–Trinajstić information content (AvgIpc) is 2.74. The molecule has 0 saturated heterocycles. The second-order valence-electron chi connectivity index (χ2n) is 8.08. The first-order valence-corrected chi connectivity index (χ1v) is 12.7. The van der Waals surface area contributed by atoms with E-state index in [2.05, 4.69) is 106 Å². The minimum atomic E-state index is -0.792. The lowest BCUT2D eigenvalue weighted by Crippen LogP contribution is -2.32. The first kappa shape index (κ1) is 20.1. The summed E-state index contributed by atoms with van der Waals surface area (Å²) in [5.41, 5.74) is 4.19. The van der Waals surface area contributed by atoms with Crippen molar-refractivity contribution >= 4 is 48.9 Å². The standard InChI is InChI=1S/C25H26N2P2/c1-25(2,3)23-24(27-22-20(26-23)16-11-17-21(22)28-4)29(18-12-7-5-8-13-18)19-14-9-6-10-15-19/h5-17,28H,1-4H3. The van der Waals surface area contributed by atoms with Crippen LogP contribution in [0.1, 0.15) is 26.5 Å². The van der Waals surface area contributed by atoms with E-state index in [1.54, 1.807) is 0 Å². The molecule has 4 heteroatoms. The lowest BCUT2D eigenvalue weighted by Gasteiger charge is -2.27. The Morgan fingerprint density at radius 1 is 0.724 bits per heavy atom. The van der Waals surface area contributed by atoms with Crippen molar-refractivity contribution in [3.8, 4) is 0 Å². The highest BCUT2D eigenvalue weighted by molar-refractivity contribution is 7.79. The summed E-state index contributed by atoms with van der Waals surface area (Å²) >= 11 is 0. The maximum Gasteiger partial charge on any atom is 0.0968 e. The molecule has 1 heterocycles. The molecule has 0 aliphatic rings. The van der Waals surface area contributed by atoms with Gasteiger partial charge in [-0.3, -0.25) is 0 Å². The predicted molar refractivity (Wildman–Crippen MR) is 131 cm³/mol.